The number of aliphatic hydroxyl groups excluding tert-OH is 1. The van der Waals surface area contributed by atoms with Gasteiger partial charge >= 0.3 is 39.5 Å². The maximum absolute atomic E-state index is 12.9. The molecular weight excluding hydrogens is 1020 g/mol. The number of phosphoric acid groups is 2. The Morgan fingerprint density at radius 1 is 0.368 bits per heavy atom. The minimum absolute atomic E-state index is 0.103. The number of esters is 4. The number of rotatable bonds is 57. The monoisotopic (exact) mass is 1130 g/mol. The number of aliphatic hydroxyl groups is 1. The summed E-state index contributed by atoms with van der Waals surface area (Å²) in [6, 6.07) is 0. The number of hydrogen-bond acceptors (Lipinski definition) is 15. The van der Waals surface area contributed by atoms with E-state index in [1.54, 1.807) is 0 Å². The fraction of sp³-hybridized carbons (Fsp3) is 0.930. The van der Waals surface area contributed by atoms with Crippen LogP contribution in [0.2, 0.25) is 0 Å². The lowest BCUT2D eigenvalue weighted by molar-refractivity contribution is -0.161. The Bertz CT molecular complexity index is 1500. The summed E-state index contributed by atoms with van der Waals surface area (Å²) in [7, 11) is -9.86. The summed E-state index contributed by atoms with van der Waals surface area (Å²) in [6.45, 7) is 7.05. The Hall–Kier alpha value is -1.94. The summed E-state index contributed by atoms with van der Waals surface area (Å²) >= 11 is 0. The standard InChI is InChI=1S/C57H110O17P2/c1-6-10-13-16-19-27-31-36-41-55(60)68-47-53(74-57(62)43-38-33-28-23-21-20-22-26-29-34-39-50(5)9-4)49-72-76(65,66)70-45-51(58)44-69-75(63,64)71-48-52(73-56(61)42-37-32-25-18-15-12-8-3)46-67-54(59)40-35-30-24-17-14-11-7-2/h50-53,58H,6-49H2,1-5H3,(H,63,64)(H,65,66)/t50?,51-,52+,53+/m0/s1. The van der Waals surface area contributed by atoms with E-state index in [9.17, 15) is 43.2 Å². The van der Waals surface area contributed by atoms with Crippen molar-refractivity contribution in [1.82, 2.24) is 0 Å². The summed E-state index contributed by atoms with van der Waals surface area (Å²) in [5, 5.41) is 10.5. The van der Waals surface area contributed by atoms with Crippen molar-refractivity contribution in [3.63, 3.8) is 0 Å². The summed E-state index contributed by atoms with van der Waals surface area (Å²) < 4.78 is 67.4. The lowest BCUT2D eigenvalue weighted by Gasteiger charge is -2.21. The molecule has 0 fully saturated rings. The fourth-order valence-electron chi connectivity index (χ4n) is 8.31. The smallest absolute Gasteiger partial charge is 0.462 e. The third kappa shape index (κ3) is 50.3. The van der Waals surface area contributed by atoms with Crippen molar-refractivity contribution in [3.8, 4) is 0 Å². The van der Waals surface area contributed by atoms with Crippen LogP contribution in [0.4, 0.5) is 0 Å². The number of carbonyl (C=O) groups excluding carboxylic acids is 4. The normalized spacial score (nSPS) is 14.8. The topological polar surface area (TPSA) is 237 Å². The second-order valence-corrected chi connectivity index (χ2v) is 23.8. The van der Waals surface area contributed by atoms with Crippen molar-refractivity contribution in [1.29, 1.82) is 0 Å². The SMILES string of the molecule is CCCCCCCCCCC(=O)OC[C@H](COP(=O)(O)OC[C@@H](O)COP(=O)(O)OC[C@@H](COC(=O)CCCCCCCCC)OC(=O)CCCCCCCCC)OC(=O)CCCCCCCCCCCCC(C)CC. The van der Waals surface area contributed by atoms with E-state index in [0.717, 1.165) is 128 Å². The largest absolute Gasteiger partial charge is 0.472 e. The maximum atomic E-state index is 12.9. The molecule has 19 heteroatoms. The van der Waals surface area contributed by atoms with Gasteiger partial charge in [-0.25, -0.2) is 9.13 Å². The van der Waals surface area contributed by atoms with E-state index < -0.39 is 97.5 Å². The van der Waals surface area contributed by atoms with Gasteiger partial charge in [0, 0.05) is 25.7 Å². The van der Waals surface area contributed by atoms with Crippen LogP contribution in [0.1, 0.15) is 279 Å². The van der Waals surface area contributed by atoms with Crippen molar-refractivity contribution in [2.24, 2.45) is 5.92 Å². The molecule has 0 aliphatic rings. The Morgan fingerprint density at radius 2 is 0.632 bits per heavy atom. The molecule has 450 valence electrons. The summed E-state index contributed by atoms with van der Waals surface area (Å²) in [5.74, 6) is -1.35. The van der Waals surface area contributed by atoms with E-state index in [2.05, 4.69) is 34.6 Å². The Morgan fingerprint density at radius 3 is 0.934 bits per heavy atom. The van der Waals surface area contributed by atoms with Gasteiger partial charge in [0.25, 0.3) is 0 Å². The molecule has 0 aliphatic heterocycles. The minimum atomic E-state index is -4.93. The average molecular weight is 1130 g/mol. The number of unbranched alkanes of at least 4 members (excludes halogenated alkanes) is 28. The molecule has 0 heterocycles. The van der Waals surface area contributed by atoms with Crippen LogP contribution in [0.3, 0.4) is 0 Å². The zero-order valence-corrected chi connectivity index (χ0v) is 50.2. The third-order valence-electron chi connectivity index (χ3n) is 13.4. The molecule has 0 amide bonds. The van der Waals surface area contributed by atoms with Gasteiger partial charge in [-0.05, 0) is 31.6 Å². The zero-order chi connectivity index (χ0) is 56.4. The highest BCUT2D eigenvalue weighted by Gasteiger charge is 2.30. The second kappa shape index (κ2) is 51.2. The first-order chi connectivity index (χ1) is 36.6. The van der Waals surface area contributed by atoms with Gasteiger partial charge in [-0.3, -0.25) is 37.3 Å². The van der Waals surface area contributed by atoms with Crippen molar-refractivity contribution in [2.75, 3.05) is 39.6 Å². The molecular formula is C57H110O17P2. The van der Waals surface area contributed by atoms with E-state index in [1.165, 1.54) is 70.6 Å². The van der Waals surface area contributed by atoms with E-state index in [4.69, 9.17) is 37.0 Å². The molecule has 0 bridgehead atoms. The van der Waals surface area contributed by atoms with Gasteiger partial charge in [0.05, 0.1) is 26.4 Å². The van der Waals surface area contributed by atoms with Gasteiger partial charge < -0.3 is 33.8 Å². The first-order valence-electron chi connectivity index (χ1n) is 30.2. The van der Waals surface area contributed by atoms with Crippen LogP contribution in [0.25, 0.3) is 0 Å². The lowest BCUT2D eigenvalue weighted by Crippen LogP contribution is -2.30. The van der Waals surface area contributed by atoms with E-state index in [-0.39, 0.29) is 25.7 Å². The molecule has 6 atom stereocenters. The fourth-order valence-corrected chi connectivity index (χ4v) is 9.89. The highest BCUT2D eigenvalue weighted by molar-refractivity contribution is 7.47. The van der Waals surface area contributed by atoms with Gasteiger partial charge in [-0.2, -0.15) is 0 Å². The minimum Gasteiger partial charge on any atom is -0.462 e. The van der Waals surface area contributed by atoms with Gasteiger partial charge in [0.2, 0.25) is 0 Å². The van der Waals surface area contributed by atoms with Gasteiger partial charge in [0.1, 0.15) is 19.3 Å². The molecule has 0 aliphatic carbocycles. The molecule has 76 heavy (non-hydrogen) atoms. The molecule has 0 saturated heterocycles. The van der Waals surface area contributed by atoms with Crippen molar-refractivity contribution >= 4 is 39.5 Å². The third-order valence-corrected chi connectivity index (χ3v) is 15.3. The summed E-state index contributed by atoms with van der Waals surface area (Å²) in [6.07, 6.45) is 32.3. The Balaban J connectivity index is 5.17. The van der Waals surface area contributed by atoms with Crippen LogP contribution < -0.4 is 0 Å². The Labute approximate surface area is 460 Å². The maximum Gasteiger partial charge on any atom is 0.472 e. The predicted molar refractivity (Wildman–Crippen MR) is 298 cm³/mol. The average Bonchev–Trinajstić information content (AvgIpc) is 3.39. The van der Waals surface area contributed by atoms with Gasteiger partial charge in [-0.1, -0.05) is 227 Å². The van der Waals surface area contributed by atoms with E-state index >= 15 is 0 Å². The number of ether oxygens (including phenoxy) is 4. The highest BCUT2D eigenvalue weighted by atomic mass is 31.2. The molecule has 3 N–H and O–H groups in total. The van der Waals surface area contributed by atoms with Crippen molar-refractivity contribution < 1.29 is 80.2 Å². The number of hydrogen-bond donors (Lipinski definition) is 3. The summed E-state index contributed by atoms with van der Waals surface area (Å²) in [5.41, 5.74) is 0. The van der Waals surface area contributed by atoms with Crippen LogP contribution in [0.15, 0.2) is 0 Å². The second-order valence-electron chi connectivity index (χ2n) is 20.9. The van der Waals surface area contributed by atoms with E-state index in [1.807, 2.05) is 0 Å². The molecule has 17 nitrogen and oxygen atoms in total. The molecule has 0 aromatic carbocycles. The van der Waals surface area contributed by atoms with Gasteiger partial charge in [0.15, 0.2) is 12.2 Å². The highest BCUT2D eigenvalue weighted by Crippen LogP contribution is 2.45. The quantitative estimate of drug-likeness (QED) is 0.0222. The van der Waals surface area contributed by atoms with E-state index in [0.29, 0.717) is 25.7 Å². The molecule has 3 unspecified atom stereocenters. The molecule has 0 radical (unpaired) electrons. The summed E-state index contributed by atoms with van der Waals surface area (Å²) in [4.78, 5) is 71.6. The molecule has 0 rings (SSSR count). The van der Waals surface area contributed by atoms with Crippen LogP contribution in [0.5, 0.6) is 0 Å². The molecule has 0 aromatic rings. The predicted octanol–water partition coefficient (Wildman–Crippen LogP) is 15.1. The molecule has 0 spiro atoms. The van der Waals surface area contributed by atoms with Crippen LogP contribution in [-0.4, -0.2) is 96.7 Å². The zero-order valence-electron chi connectivity index (χ0n) is 48.4. The Kier molecular flexibility index (Phi) is 49.9. The van der Waals surface area contributed by atoms with Crippen LogP contribution >= 0.6 is 15.6 Å². The lowest BCUT2D eigenvalue weighted by atomic mass is 9.99. The number of carbonyl (C=O) groups is 4. The van der Waals surface area contributed by atoms with Crippen molar-refractivity contribution in [3.05, 3.63) is 0 Å². The molecule has 0 saturated carbocycles. The van der Waals surface area contributed by atoms with Crippen LogP contribution in [-0.2, 0) is 65.4 Å². The number of phosphoric ester groups is 2. The van der Waals surface area contributed by atoms with Crippen molar-refractivity contribution in [2.45, 2.75) is 297 Å². The first-order valence-corrected chi connectivity index (χ1v) is 33.2. The molecule has 0 aromatic heterocycles. The van der Waals surface area contributed by atoms with Gasteiger partial charge in [-0.15, -0.1) is 0 Å². The first kappa shape index (κ1) is 74.1. The van der Waals surface area contributed by atoms with Crippen LogP contribution in [0, 0.1) is 5.92 Å².